The van der Waals surface area contributed by atoms with Crippen LogP contribution in [0.5, 0.6) is 0 Å². The van der Waals surface area contributed by atoms with E-state index in [1.165, 1.54) is 7.11 Å². The lowest BCUT2D eigenvalue weighted by Gasteiger charge is -2.32. The van der Waals surface area contributed by atoms with Crippen molar-refractivity contribution in [1.82, 2.24) is 4.90 Å². The lowest BCUT2D eigenvalue weighted by Crippen LogP contribution is -2.49. The summed E-state index contributed by atoms with van der Waals surface area (Å²) in [5, 5.41) is 0. The average molecular weight is 375 g/mol. The highest BCUT2D eigenvalue weighted by Gasteiger charge is 2.49. The molecule has 7 nitrogen and oxygen atoms in total. The first-order chi connectivity index (χ1) is 12.6. The van der Waals surface area contributed by atoms with E-state index in [1.54, 1.807) is 19.1 Å². The van der Waals surface area contributed by atoms with Crippen LogP contribution in [0.3, 0.4) is 0 Å². The number of carbonyl (C=O) groups is 3. The lowest BCUT2D eigenvalue weighted by molar-refractivity contribution is -0.199. The van der Waals surface area contributed by atoms with E-state index in [4.69, 9.17) is 14.2 Å². The zero-order valence-electron chi connectivity index (χ0n) is 16.3. The maximum Gasteiger partial charge on any atom is 0.315 e. The van der Waals surface area contributed by atoms with Gasteiger partial charge in [-0.3, -0.25) is 19.3 Å². The molecule has 2 amide bonds. The molecule has 0 spiro atoms. The number of amides is 2. The minimum atomic E-state index is -1.24. The zero-order valence-corrected chi connectivity index (χ0v) is 16.3. The molecule has 1 unspecified atom stereocenters. The first kappa shape index (κ1) is 19.5. The number of benzene rings is 1. The van der Waals surface area contributed by atoms with Gasteiger partial charge in [0, 0.05) is 6.54 Å². The van der Waals surface area contributed by atoms with Crippen LogP contribution < -0.4 is 0 Å². The minimum absolute atomic E-state index is 0.153. The van der Waals surface area contributed by atoms with E-state index < -0.39 is 29.5 Å². The molecule has 1 aromatic rings. The van der Waals surface area contributed by atoms with Gasteiger partial charge in [-0.25, -0.2) is 0 Å². The van der Waals surface area contributed by atoms with Crippen LogP contribution >= 0.6 is 0 Å². The van der Waals surface area contributed by atoms with Gasteiger partial charge in [0.1, 0.15) is 5.92 Å². The Labute approximate surface area is 158 Å². The van der Waals surface area contributed by atoms with Crippen LogP contribution in [0.25, 0.3) is 0 Å². The van der Waals surface area contributed by atoms with Crippen molar-refractivity contribution in [3.63, 3.8) is 0 Å². The number of nitrogens with zero attached hydrogens (tertiary/aromatic N) is 1. The fourth-order valence-corrected chi connectivity index (χ4v) is 3.43. The molecule has 0 bridgehead atoms. The van der Waals surface area contributed by atoms with Crippen LogP contribution in [0.2, 0.25) is 0 Å². The van der Waals surface area contributed by atoms with E-state index in [0.717, 1.165) is 10.5 Å². The summed E-state index contributed by atoms with van der Waals surface area (Å²) in [7, 11) is 1.26. The molecular formula is C20H25NO6. The Kier molecular flexibility index (Phi) is 4.86. The molecule has 0 N–H and O–H groups in total. The Morgan fingerprint density at radius 2 is 1.78 bits per heavy atom. The van der Waals surface area contributed by atoms with Crippen LogP contribution in [-0.4, -0.2) is 55.3 Å². The Balaban J connectivity index is 1.91. The first-order valence-electron chi connectivity index (χ1n) is 8.95. The van der Waals surface area contributed by atoms with Gasteiger partial charge < -0.3 is 14.2 Å². The third-order valence-electron chi connectivity index (χ3n) is 5.18. The molecule has 0 aromatic heterocycles. The van der Waals surface area contributed by atoms with E-state index >= 15 is 0 Å². The lowest BCUT2D eigenvalue weighted by atomic mass is 9.85. The number of esters is 1. The Bertz CT molecular complexity index is 788. The fourth-order valence-electron chi connectivity index (χ4n) is 3.43. The van der Waals surface area contributed by atoms with E-state index in [2.05, 4.69) is 0 Å². The predicted octanol–water partition coefficient (Wildman–Crippen LogP) is 2.13. The molecule has 27 heavy (non-hydrogen) atoms. The molecule has 1 atom stereocenters. The molecule has 0 saturated carbocycles. The number of ether oxygens (including phenoxy) is 3. The minimum Gasteiger partial charge on any atom is -0.469 e. The smallest absolute Gasteiger partial charge is 0.315 e. The standard InChI is InChI=1S/C20H25NO6/c1-19(2,3)12-6-7-13-14(10-12)17(23)21(16(13)22)11-15(18(24)25-5)20(4)26-8-9-27-20/h6-7,10,15H,8-9,11H2,1-5H3. The van der Waals surface area contributed by atoms with Crippen molar-refractivity contribution >= 4 is 17.8 Å². The summed E-state index contributed by atoms with van der Waals surface area (Å²) in [4.78, 5) is 39.1. The maximum atomic E-state index is 12.9. The number of hydrogen-bond donors (Lipinski definition) is 0. The molecule has 1 fully saturated rings. The summed E-state index contributed by atoms with van der Waals surface area (Å²) in [6.07, 6.45) is 0. The topological polar surface area (TPSA) is 82.1 Å². The largest absolute Gasteiger partial charge is 0.469 e. The molecule has 2 aliphatic rings. The number of rotatable bonds is 4. The Morgan fingerprint density at radius 3 is 2.33 bits per heavy atom. The van der Waals surface area contributed by atoms with Crippen LogP contribution in [0.1, 0.15) is 54.0 Å². The molecule has 7 heteroatoms. The van der Waals surface area contributed by atoms with Crippen molar-refractivity contribution in [2.24, 2.45) is 5.92 Å². The normalized spacial score (nSPS) is 20.0. The molecule has 2 heterocycles. The summed E-state index contributed by atoms with van der Waals surface area (Å²) < 4.78 is 16.0. The SMILES string of the molecule is COC(=O)C(CN1C(=O)c2ccc(C(C)(C)C)cc2C1=O)C1(C)OCCO1. The van der Waals surface area contributed by atoms with Gasteiger partial charge in [0.25, 0.3) is 11.8 Å². The molecule has 0 aliphatic carbocycles. The summed E-state index contributed by atoms with van der Waals surface area (Å²) >= 11 is 0. The number of imide groups is 1. The molecule has 1 saturated heterocycles. The summed E-state index contributed by atoms with van der Waals surface area (Å²) in [6, 6.07) is 5.29. The van der Waals surface area contributed by atoms with Crippen LogP contribution in [-0.2, 0) is 24.4 Å². The van der Waals surface area contributed by atoms with E-state index in [9.17, 15) is 14.4 Å². The quantitative estimate of drug-likeness (QED) is 0.592. The first-order valence-corrected chi connectivity index (χ1v) is 8.95. The van der Waals surface area contributed by atoms with Crippen molar-refractivity contribution in [3.05, 3.63) is 34.9 Å². The second kappa shape index (κ2) is 6.73. The van der Waals surface area contributed by atoms with Gasteiger partial charge in [-0.15, -0.1) is 0 Å². The van der Waals surface area contributed by atoms with Crippen molar-refractivity contribution in [2.45, 2.75) is 38.9 Å². The van der Waals surface area contributed by atoms with E-state index in [0.29, 0.717) is 24.3 Å². The van der Waals surface area contributed by atoms with Gasteiger partial charge in [0.2, 0.25) is 0 Å². The van der Waals surface area contributed by atoms with Crippen LogP contribution in [0.15, 0.2) is 18.2 Å². The van der Waals surface area contributed by atoms with Crippen molar-refractivity contribution in [1.29, 1.82) is 0 Å². The summed E-state index contributed by atoms with van der Waals surface area (Å²) in [5.74, 6) is -3.61. The van der Waals surface area contributed by atoms with Crippen LogP contribution in [0, 0.1) is 5.92 Å². The monoisotopic (exact) mass is 375 g/mol. The second-order valence-corrected chi connectivity index (χ2v) is 8.02. The third kappa shape index (κ3) is 3.37. The Hall–Kier alpha value is -2.25. The van der Waals surface area contributed by atoms with Gasteiger partial charge in [-0.05, 0) is 30.0 Å². The predicted molar refractivity (Wildman–Crippen MR) is 96.3 cm³/mol. The number of fused-ring (bicyclic) bond motifs is 1. The highest BCUT2D eigenvalue weighted by Crippen LogP contribution is 2.34. The van der Waals surface area contributed by atoms with Gasteiger partial charge in [0.05, 0.1) is 31.5 Å². The zero-order chi connectivity index (χ0) is 20.0. The van der Waals surface area contributed by atoms with E-state index in [-0.39, 0.29) is 12.0 Å². The highest BCUT2D eigenvalue weighted by molar-refractivity contribution is 6.21. The van der Waals surface area contributed by atoms with Crippen molar-refractivity contribution in [3.8, 4) is 0 Å². The van der Waals surface area contributed by atoms with Crippen LogP contribution in [0.4, 0.5) is 0 Å². The summed E-state index contributed by atoms with van der Waals surface area (Å²) in [6.45, 7) is 8.24. The molecule has 2 aliphatic heterocycles. The van der Waals surface area contributed by atoms with Gasteiger partial charge in [-0.2, -0.15) is 0 Å². The van der Waals surface area contributed by atoms with E-state index in [1.807, 2.05) is 26.8 Å². The number of hydrogen-bond acceptors (Lipinski definition) is 6. The third-order valence-corrected chi connectivity index (χ3v) is 5.18. The molecular weight excluding hydrogens is 350 g/mol. The van der Waals surface area contributed by atoms with Crippen molar-refractivity contribution in [2.75, 3.05) is 26.9 Å². The molecule has 3 rings (SSSR count). The molecule has 146 valence electrons. The fraction of sp³-hybridized carbons (Fsp3) is 0.550. The summed E-state index contributed by atoms with van der Waals surface area (Å²) in [5.41, 5.74) is 1.51. The molecule has 0 radical (unpaired) electrons. The van der Waals surface area contributed by atoms with Gasteiger partial charge in [-0.1, -0.05) is 26.8 Å². The molecule has 1 aromatic carbocycles. The second-order valence-electron chi connectivity index (χ2n) is 8.02. The maximum absolute atomic E-state index is 12.9. The average Bonchev–Trinajstić information content (AvgIpc) is 3.15. The number of methoxy groups -OCH3 is 1. The number of carbonyl (C=O) groups excluding carboxylic acids is 3. The Morgan fingerprint density at radius 1 is 1.19 bits per heavy atom. The van der Waals surface area contributed by atoms with Crippen molar-refractivity contribution < 1.29 is 28.6 Å². The van der Waals surface area contributed by atoms with Gasteiger partial charge >= 0.3 is 5.97 Å². The highest BCUT2D eigenvalue weighted by atomic mass is 16.7. The van der Waals surface area contributed by atoms with Gasteiger partial charge in [0.15, 0.2) is 5.79 Å².